The first-order valence-electron chi connectivity index (χ1n) is 6.47. The number of aliphatic carboxylic acids is 1. The van der Waals surface area contributed by atoms with Gasteiger partial charge in [0.25, 0.3) is 0 Å². The van der Waals surface area contributed by atoms with Crippen LogP contribution >= 0.6 is 0 Å². The summed E-state index contributed by atoms with van der Waals surface area (Å²) < 4.78 is 0. The highest BCUT2D eigenvalue weighted by Crippen LogP contribution is 2.40. The summed E-state index contributed by atoms with van der Waals surface area (Å²) in [6.45, 7) is 6.99. The second-order valence-electron chi connectivity index (χ2n) is 5.50. The third-order valence-electron chi connectivity index (χ3n) is 4.04. The Morgan fingerprint density at radius 2 is 1.94 bits per heavy atom. The number of carboxylic acid groups (broad SMARTS) is 1. The number of rotatable bonds is 6. The molecule has 0 radical (unpaired) electrons. The van der Waals surface area contributed by atoms with Crippen LogP contribution in [0.15, 0.2) is 0 Å². The van der Waals surface area contributed by atoms with Crippen LogP contribution in [0.4, 0.5) is 0 Å². The minimum Gasteiger partial charge on any atom is -0.480 e. The van der Waals surface area contributed by atoms with Crippen molar-refractivity contribution in [2.24, 2.45) is 11.3 Å². The molecule has 94 valence electrons. The van der Waals surface area contributed by atoms with Crippen LogP contribution in [0.5, 0.6) is 0 Å². The Hall–Kier alpha value is -0.570. The lowest BCUT2D eigenvalue weighted by molar-refractivity contribution is -0.140. The van der Waals surface area contributed by atoms with Crippen molar-refractivity contribution < 1.29 is 9.90 Å². The zero-order chi connectivity index (χ0) is 12.2. The molecule has 1 atom stereocenters. The van der Waals surface area contributed by atoms with Crippen molar-refractivity contribution in [2.45, 2.75) is 58.9 Å². The van der Waals surface area contributed by atoms with Gasteiger partial charge in [0.1, 0.15) is 6.04 Å². The molecule has 0 bridgehead atoms. The quantitative estimate of drug-likeness (QED) is 0.733. The molecule has 0 amide bonds. The monoisotopic (exact) mass is 227 g/mol. The van der Waals surface area contributed by atoms with Crippen molar-refractivity contribution in [3.8, 4) is 0 Å². The van der Waals surface area contributed by atoms with Crippen LogP contribution in [0.2, 0.25) is 0 Å². The topological polar surface area (TPSA) is 49.3 Å². The molecule has 3 nitrogen and oxygen atoms in total. The molecule has 1 fully saturated rings. The molecule has 1 aliphatic carbocycles. The molecule has 0 heterocycles. The Balaban J connectivity index is 2.50. The number of nitrogens with one attached hydrogen (secondary N) is 1. The van der Waals surface area contributed by atoms with Gasteiger partial charge in [0.15, 0.2) is 0 Å². The Kier molecular flexibility index (Phi) is 4.78. The van der Waals surface area contributed by atoms with Gasteiger partial charge < -0.3 is 10.4 Å². The summed E-state index contributed by atoms with van der Waals surface area (Å²) in [7, 11) is 0. The third kappa shape index (κ3) is 3.21. The number of hydrogen-bond donors (Lipinski definition) is 2. The van der Waals surface area contributed by atoms with E-state index in [4.69, 9.17) is 5.11 Å². The van der Waals surface area contributed by atoms with E-state index in [0.29, 0.717) is 5.41 Å². The van der Waals surface area contributed by atoms with Gasteiger partial charge in [0, 0.05) is 6.54 Å². The van der Waals surface area contributed by atoms with E-state index in [0.717, 1.165) is 13.0 Å². The van der Waals surface area contributed by atoms with Crippen LogP contribution < -0.4 is 5.32 Å². The molecule has 1 rings (SSSR count). The molecule has 0 aromatic rings. The van der Waals surface area contributed by atoms with Gasteiger partial charge in [-0.3, -0.25) is 4.79 Å². The lowest BCUT2D eigenvalue weighted by Gasteiger charge is -2.30. The fourth-order valence-electron chi connectivity index (χ4n) is 2.71. The van der Waals surface area contributed by atoms with Crippen molar-refractivity contribution in [1.29, 1.82) is 0 Å². The van der Waals surface area contributed by atoms with Crippen molar-refractivity contribution >= 4 is 5.97 Å². The molecular formula is C13H25NO2. The van der Waals surface area contributed by atoms with Crippen molar-refractivity contribution in [1.82, 2.24) is 5.32 Å². The third-order valence-corrected chi connectivity index (χ3v) is 4.04. The summed E-state index contributed by atoms with van der Waals surface area (Å²) in [6, 6.07) is -0.399. The summed E-state index contributed by atoms with van der Waals surface area (Å²) in [5, 5.41) is 12.4. The molecule has 0 saturated heterocycles. The molecule has 0 aliphatic heterocycles. The van der Waals surface area contributed by atoms with Gasteiger partial charge in [-0.05, 0) is 30.6 Å². The normalized spacial score (nSPS) is 21.2. The van der Waals surface area contributed by atoms with E-state index in [9.17, 15) is 4.79 Å². The summed E-state index contributed by atoms with van der Waals surface area (Å²) in [6.07, 6.45) is 6.26. The summed E-state index contributed by atoms with van der Waals surface area (Å²) in [4.78, 5) is 11.1. The van der Waals surface area contributed by atoms with E-state index in [2.05, 4.69) is 12.2 Å². The van der Waals surface area contributed by atoms with Crippen LogP contribution in [0.3, 0.4) is 0 Å². The van der Waals surface area contributed by atoms with E-state index < -0.39 is 12.0 Å². The van der Waals surface area contributed by atoms with Gasteiger partial charge in [-0.25, -0.2) is 0 Å². The van der Waals surface area contributed by atoms with Gasteiger partial charge >= 0.3 is 5.97 Å². The average molecular weight is 227 g/mol. The SMILES string of the molecule is CCC1(CNC(C(=O)O)C(C)C)CCCC1. The second kappa shape index (κ2) is 5.67. The molecule has 16 heavy (non-hydrogen) atoms. The number of carbonyl (C=O) groups is 1. The van der Waals surface area contributed by atoms with Gasteiger partial charge in [-0.15, -0.1) is 0 Å². The zero-order valence-corrected chi connectivity index (χ0v) is 10.8. The van der Waals surface area contributed by atoms with Crippen molar-refractivity contribution in [3.05, 3.63) is 0 Å². The van der Waals surface area contributed by atoms with Crippen LogP contribution in [0.25, 0.3) is 0 Å². The minimum atomic E-state index is -0.723. The minimum absolute atomic E-state index is 0.146. The lowest BCUT2D eigenvalue weighted by atomic mass is 9.83. The highest BCUT2D eigenvalue weighted by atomic mass is 16.4. The Morgan fingerprint density at radius 1 is 1.38 bits per heavy atom. The van der Waals surface area contributed by atoms with Crippen LogP contribution in [-0.2, 0) is 4.79 Å². The molecule has 1 saturated carbocycles. The van der Waals surface area contributed by atoms with E-state index in [1.165, 1.54) is 25.7 Å². The standard InChI is InChI=1S/C13H25NO2/c1-4-13(7-5-6-8-13)9-14-11(10(2)3)12(15)16/h10-11,14H,4-9H2,1-3H3,(H,15,16). The smallest absolute Gasteiger partial charge is 0.320 e. The Morgan fingerprint density at radius 3 is 2.31 bits per heavy atom. The van der Waals surface area contributed by atoms with Gasteiger partial charge in [-0.2, -0.15) is 0 Å². The molecular weight excluding hydrogens is 202 g/mol. The van der Waals surface area contributed by atoms with E-state index in [1.54, 1.807) is 0 Å². The highest BCUT2D eigenvalue weighted by molar-refractivity contribution is 5.73. The first-order chi connectivity index (χ1) is 7.51. The van der Waals surface area contributed by atoms with E-state index >= 15 is 0 Å². The van der Waals surface area contributed by atoms with Gasteiger partial charge in [0.05, 0.1) is 0 Å². The second-order valence-corrected chi connectivity index (χ2v) is 5.50. The van der Waals surface area contributed by atoms with Gasteiger partial charge in [-0.1, -0.05) is 33.6 Å². The molecule has 3 heteroatoms. The molecule has 0 aromatic heterocycles. The maximum Gasteiger partial charge on any atom is 0.320 e. The van der Waals surface area contributed by atoms with Gasteiger partial charge in [0.2, 0.25) is 0 Å². The van der Waals surface area contributed by atoms with Crippen LogP contribution in [0, 0.1) is 11.3 Å². The van der Waals surface area contributed by atoms with Crippen LogP contribution in [0.1, 0.15) is 52.9 Å². The van der Waals surface area contributed by atoms with Crippen molar-refractivity contribution in [2.75, 3.05) is 6.54 Å². The van der Waals surface area contributed by atoms with Crippen LogP contribution in [-0.4, -0.2) is 23.7 Å². The first kappa shape index (κ1) is 13.5. The summed E-state index contributed by atoms with van der Waals surface area (Å²) >= 11 is 0. The number of hydrogen-bond acceptors (Lipinski definition) is 2. The average Bonchev–Trinajstić information content (AvgIpc) is 2.66. The maximum absolute atomic E-state index is 11.1. The summed E-state index contributed by atoms with van der Waals surface area (Å²) in [5.41, 5.74) is 0.364. The number of carboxylic acids is 1. The molecule has 0 spiro atoms. The fraction of sp³-hybridized carbons (Fsp3) is 0.923. The highest BCUT2D eigenvalue weighted by Gasteiger charge is 2.33. The zero-order valence-electron chi connectivity index (χ0n) is 10.8. The van der Waals surface area contributed by atoms with E-state index in [1.807, 2.05) is 13.8 Å². The molecule has 1 unspecified atom stereocenters. The van der Waals surface area contributed by atoms with E-state index in [-0.39, 0.29) is 5.92 Å². The first-order valence-corrected chi connectivity index (χ1v) is 6.47. The Bertz CT molecular complexity index is 232. The molecule has 0 aromatic carbocycles. The molecule has 1 aliphatic rings. The fourth-order valence-corrected chi connectivity index (χ4v) is 2.71. The predicted octanol–water partition coefficient (Wildman–Crippen LogP) is 2.66. The predicted molar refractivity (Wildman–Crippen MR) is 65.5 cm³/mol. The largest absolute Gasteiger partial charge is 0.480 e. The molecule has 2 N–H and O–H groups in total. The Labute approximate surface area is 98.6 Å². The maximum atomic E-state index is 11.1. The summed E-state index contributed by atoms with van der Waals surface area (Å²) in [5.74, 6) is -0.577. The van der Waals surface area contributed by atoms with Crippen molar-refractivity contribution in [3.63, 3.8) is 0 Å². The lowest BCUT2D eigenvalue weighted by Crippen LogP contribution is -2.45.